The molecule has 0 saturated heterocycles. The summed E-state index contributed by atoms with van der Waals surface area (Å²) in [5, 5.41) is 0.851. The molecule has 7 heteroatoms. The van der Waals surface area contributed by atoms with Crippen LogP contribution in [0.5, 0.6) is 0 Å². The molecule has 28 heavy (non-hydrogen) atoms. The van der Waals surface area contributed by atoms with Gasteiger partial charge in [0, 0.05) is 4.47 Å². The Kier molecular flexibility index (Phi) is 5.44. The smallest absolute Gasteiger partial charge is 0.261 e. The average molecular weight is 476 g/mol. The molecule has 140 valence electrons. The quantitative estimate of drug-likeness (QED) is 0.329. The van der Waals surface area contributed by atoms with Gasteiger partial charge in [-0.05, 0) is 42.0 Å². The molecule has 0 atom stereocenters. The van der Waals surface area contributed by atoms with Crippen molar-refractivity contribution in [1.82, 2.24) is 4.98 Å². The van der Waals surface area contributed by atoms with E-state index in [9.17, 15) is 9.18 Å². The SMILES string of the molecule is O=C(c1cc(Br)ccc1Cl)N(Cc1ccccc1)c1nc2ccc(F)cc2s1. The summed E-state index contributed by atoms with van der Waals surface area (Å²) in [4.78, 5) is 19.5. The standard InChI is InChI=1S/C21H13BrClFN2OS/c22-14-6-8-17(23)16(10-14)20(27)26(12-13-4-2-1-3-5-13)21-25-18-9-7-15(24)11-19(18)28-21/h1-11H,12H2. The fraction of sp³-hybridized carbons (Fsp3) is 0.0476. The Morgan fingerprint density at radius 2 is 1.89 bits per heavy atom. The van der Waals surface area contributed by atoms with Crippen molar-refractivity contribution in [2.75, 3.05) is 4.90 Å². The van der Waals surface area contributed by atoms with Gasteiger partial charge in [0.1, 0.15) is 5.82 Å². The fourth-order valence-corrected chi connectivity index (χ4v) is 4.35. The topological polar surface area (TPSA) is 33.2 Å². The summed E-state index contributed by atoms with van der Waals surface area (Å²) in [6.07, 6.45) is 0. The first-order valence-electron chi connectivity index (χ1n) is 8.38. The van der Waals surface area contributed by atoms with Gasteiger partial charge < -0.3 is 0 Å². The zero-order valence-electron chi connectivity index (χ0n) is 14.4. The molecule has 4 aromatic rings. The Morgan fingerprint density at radius 1 is 1.11 bits per heavy atom. The zero-order valence-corrected chi connectivity index (χ0v) is 17.6. The first-order chi connectivity index (χ1) is 13.5. The van der Waals surface area contributed by atoms with Gasteiger partial charge in [-0.3, -0.25) is 9.69 Å². The van der Waals surface area contributed by atoms with Gasteiger partial charge in [-0.25, -0.2) is 9.37 Å². The molecule has 0 fully saturated rings. The van der Waals surface area contributed by atoms with Gasteiger partial charge in [-0.2, -0.15) is 0 Å². The van der Waals surface area contributed by atoms with E-state index in [4.69, 9.17) is 11.6 Å². The molecular formula is C21H13BrClFN2OS. The van der Waals surface area contributed by atoms with Crippen LogP contribution in [0.3, 0.4) is 0 Å². The summed E-state index contributed by atoms with van der Waals surface area (Å²) < 4.78 is 15.0. The molecule has 0 N–H and O–H groups in total. The molecule has 1 heterocycles. The van der Waals surface area contributed by atoms with E-state index in [0.29, 0.717) is 32.5 Å². The minimum atomic E-state index is -0.335. The maximum atomic E-state index is 13.6. The molecule has 0 saturated carbocycles. The zero-order chi connectivity index (χ0) is 19.7. The lowest BCUT2D eigenvalue weighted by Gasteiger charge is -2.21. The Bertz CT molecular complexity index is 1170. The van der Waals surface area contributed by atoms with Gasteiger partial charge >= 0.3 is 0 Å². The van der Waals surface area contributed by atoms with Gasteiger partial charge in [-0.15, -0.1) is 0 Å². The summed E-state index contributed by atoms with van der Waals surface area (Å²) in [5.41, 5.74) is 1.97. The second-order valence-electron chi connectivity index (χ2n) is 6.11. The number of hydrogen-bond acceptors (Lipinski definition) is 3. The highest BCUT2D eigenvalue weighted by Crippen LogP contribution is 2.32. The van der Waals surface area contributed by atoms with E-state index in [2.05, 4.69) is 20.9 Å². The normalized spacial score (nSPS) is 11.0. The van der Waals surface area contributed by atoms with Crippen molar-refractivity contribution in [3.05, 3.63) is 93.2 Å². The van der Waals surface area contributed by atoms with Crippen LogP contribution in [-0.4, -0.2) is 10.9 Å². The predicted molar refractivity (Wildman–Crippen MR) is 116 cm³/mol. The van der Waals surface area contributed by atoms with Crippen LogP contribution in [0.1, 0.15) is 15.9 Å². The molecule has 1 aromatic heterocycles. The van der Waals surface area contributed by atoms with Crippen molar-refractivity contribution in [3.8, 4) is 0 Å². The van der Waals surface area contributed by atoms with Crippen LogP contribution in [0.25, 0.3) is 10.2 Å². The van der Waals surface area contributed by atoms with E-state index in [1.807, 2.05) is 30.3 Å². The van der Waals surface area contributed by atoms with Crippen molar-refractivity contribution >= 4 is 60.1 Å². The van der Waals surface area contributed by atoms with E-state index < -0.39 is 0 Å². The summed E-state index contributed by atoms with van der Waals surface area (Å²) in [7, 11) is 0. The monoisotopic (exact) mass is 474 g/mol. The third kappa shape index (κ3) is 3.94. The van der Waals surface area contributed by atoms with Crippen molar-refractivity contribution < 1.29 is 9.18 Å². The first-order valence-corrected chi connectivity index (χ1v) is 10.4. The number of carbonyl (C=O) groups excluding carboxylic acids is 1. The number of aromatic nitrogens is 1. The predicted octanol–water partition coefficient (Wildman–Crippen LogP) is 6.70. The Balaban J connectivity index is 1.80. The van der Waals surface area contributed by atoms with Gasteiger partial charge in [0.2, 0.25) is 0 Å². The van der Waals surface area contributed by atoms with Crippen molar-refractivity contribution in [2.24, 2.45) is 0 Å². The first kappa shape index (κ1) is 19.1. The summed E-state index contributed by atoms with van der Waals surface area (Å²) in [6.45, 7) is 0.324. The van der Waals surface area contributed by atoms with Crippen LogP contribution in [0.15, 0.2) is 71.2 Å². The molecule has 4 rings (SSSR count). The maximum absolute atomic E-state index is 13.6. The molecule has 0 aliphatic heterocycles. The van der Waals surface area contributed by atoms with Crippen LogP contribution in [0, 0.1) is 5.82 Å². The number of carbonyl (C=O) groups is 1. The third-order valence-corrected chi connectivity index (χ3v) is 6.02. The number of benzene rings is 3. The van der Waals surface area contributed by atoms with E-state index >= 15 is 0 Å². The van der Waals surface area contributed by atoms with Crippen molar-refractivity contribution in [2.45, 2.75) is 6.54 Å². The van der Waals surface area contributed by atoms with E-state index in [0.717, 1.165) is 10.0 Å². The highest BCUT2D eigenvalue weighted by atomic mass is 79.9. The van der Waals surface area contributed by atoms with Crippen LogP contribution >= 0.6 is 38.9 Å². The highest BCUT2D eigenvalue weighted by molar-refractivity contribution is 9.10. The Morgan fingerprint density at radius 3 is 2.68 bits per heavy atom. The number of rotatable bonds is 4. The second kappa shape index (κ2) is 7.99. The molecule has 0 aliphatic rings. The van der Waals surface area contributed by atoms with Crippen LogP contribution < -0.4 is 4.90 Å². The molecule has 0 unspecified atom stereocenters. The minimum Gasteiger partial charge on any atom is -0.279 e. The molecule has 0 radical (unpaired) electrons. The Labute approximate surface area is 178 Å². The number of nitrogens with zero attached hydrogens (tertiary/aromatic N) is 2. The number of anilines is 1. The molecule has 3 nitrogen and oxygen atoms in total. The van der Waals surface area contributed by atoms with Gasteiger partial charge in [0.05, 0.1) is 27.3 Å². The third-order valence-electron chi connectivity index (χ3n) is 4.16. The van der Waals surface area contributed by atoms with Crippen molar-refractivity contribution in [3.63, 3.8) is 0 Å². The summed E-state index contributed by atoms with van der Waals surface area (Å²) in [6, 6.07) is 19.2. The van der Waals surface area contributed by atoms with E-state index in [1.54, 1.807) is 29.2 Å². The number of thiazole rings is 1. The van der Waals surface area contributed by atoms with Crippen molar-refractivity contribution in [1.29, 1.82) is 0 Å². The van der Waals surface area contributed by atoms with E-state index in [1.165, 1.54) is 23.5 Å². The second-order valence-corrected chi connectivity index (χ2v) is 8.44. The maximum Gasteiger partial charge on any atom is 0.261 e. The Hall–Kier alpha value is -2.28. The number of halogens is 3. The molecule has 0 bridgehead atoms. The molecule has 1 amide bonds. The minimum absolute atomic E-state index is 0.269. The largest absolute Gasteiger partial charge is 0.279 e. The molecule has 0 spiro atoms. The molecule has 0 aliphatic carbocycles. The lowest BCUT2D eigenvalue weighted by Crippen LogP contribution is -2.30. The fourth-order valence-electron chi connectivity index (χ4n) is 2.80. The lowest BCUT2D eigenvalue weighted by atomic mass is 10.1. The summed E-state index contributed by atoms with van der Waals surface area (Å²) in [5.74, 6) is -0.603. The van der Waals surface area contributed by atoms with Gasteiger partial charge in [0.15, 0.2) is 5.13 Å². The van der Waals surface area contributed by atoms with Crippen LogP contribution in [0.4, 0.5) is 9.52 Å². The molecular weight excluding hydrogens is 463 g/mol. The number of hydrogen-bond donors (Lipinski definition) is 0. The average Bonchev–Trinajstić information content (AvgIpc) is 3.11. The van der Waals surface area contributed by atoms with Crippen LogP contribution in [0.2, 0.25) is 5.02 Å². The van der Waals surface area contributed by atoms with Crippen LogP contribution in [-0.2, 0) is 6.54 Å². The number of fused-ring (bicyclic) bond motifs is 1. The van der Waals surface area contributed by atoms with E-state index in [-0.39, 0.29) is 11.7 Å². The highest BCUT2D eigenvalue weighted by Gasteiger charge is 2.24. The summed E-state index contributed by atoms with van der Waals surface area (Å²) >= 11 is 11.0. The van der Waals surface area contributed by atoms with Gasteiger partial charge in [0.25, 0.3) is 5.91 Å². The van der Waals surface area contributed by atoms with Gasteiger partial charge in [-0.1, -0.05) is 69.2 Å². The molecule has 3 aromatic carbocycles. The number of amides is 1. The lowest BCUT2D eigenvalue weighted by molar-refractivity contribution is 0.0985.